The van der Waals surface area contributed by atoms with Crippen molar-refractivity contribution in [1.82, 2.24) is 14.8 Å². The van der Waals surface area contributed by atoms with Crippen LogP contribution in [0.1, 0.15) is 12.0 Å². The van der Waals surface area contributed by atoms with E-state index in [-0.39, 0.29) is 45.1 Å². The first-order valence-electron chi connectivity index (χ1n) is 13.7. The molecule has 3 aromatic carbocycles. The van der Waals surface area contributed by atoms with E-state index in [1.807, 2.05) is 0 Å². The highest BCUT2D eigenvalue weighted by Gasteiger charge is 2.46. The van der Waals surface area contributed by atoms with Crippen molar-refractivity contribution in [2.45, 2.75) is 29.9 Å². The number of benzene rings is 3. The lowest BCUT2D eigenvalue weighted by molar-refractivity contribution is -0.139. The van der Waals surface area contributed by atoms with Crippen molar-refractivity contribution in [3.8, 4) is 22.8 Å². The van der Waals surface area contributed by atoms with Crippen LogP contribution in [0.2, 0.25) is 0 Å². The number of nitrogens with one attached hydrogen (secondary N) is 1. The summed E-state index contributed by atoms with van der Waals surface area (Å²) >= 11 is 0.880. The second-order valence-corrected chi connectivity index (χ2v) is 13.1. The molecule has 20 heteroatoms. The number of hydrogen-bond donors (Lipinski definition) is 1. The molecular formula is C29H21F7N6O5S2. The third kappa shape index (κ3) is 8.02. The molecule has 3 amide bonds. The molecule has 0 saturated carbocycles. The summed E-state index contributed by atoms with van der Waals surface area (Å²) in [5.41, 5.74) is -4.77. The van der Waals surface area contributed by atoms with E-state index in [2.05, 4.69) is 20.4 Å². The number of alkyl halides is 6. The number of thioether (sulfide) groups is 1. The fourth-order valence-electron chi connectivity index (χ4n) is 4.30. The summed E-state index contributed by atoms with van der Waals surface area (Å²) < 4.78 is 121. The maximum atomic E-state index is 15.1. The molecule has 49 heavy (non-hydrogen) atoms. The van der Waals surface area contributed by atoms with Crippen LogP contribution in [0.15, 0.2) is 76.9 Å². The summed E-state index contributed by atoms with van der Waals surface area (Å²) in [5.74, 6) is -1.65. The summed E-state index contributed by atoms with van der Waals surface area (Å²) in [6, 6.07) is 10.6. The van der Waals surface area contributed by atoms with Crippen LogP contribution in [-0.4, -0.2) is 64.3 Å². The normalized spacial score (nSPS) is 14.8. The van der Waals surface area contributed by atoms with Gasteiger partial charge in [0.2, 0.25) is 5.91 Å². The largest absolute Gasteiger partial charge is 0.501 e. The first kappa shape index (κ1) is 35.3. The minimum Gasteiger partial charge on any atom is -0.491 e. The predicted molar refractivity (Wildman–Crippen MR) is 164 cm³/mol. The number of urea groups is 1. The van der Waals surface area contributed by atoms with E-state index in [0.717, 1.165) is 51.7 Å². The molecule has 1 saturated heterocycles. The van der Waals surface area contributed by atoms with Gasteiger partial charge >= 0.3 is 17.7 Å². The Morgan fingerprint density at radius 2 is 1.76 bits per heavy atom. The van der Waals surface area contributed by atoms with Crippen LogP contribution in [0.4, 0.5) is 46.9 Å². The van der Waals surface area contributed by atoms with Gasteiger partial charge in [0, 0.05) is 5.56 Å². The van der Waals surface area contributed by atoms with E-state index >= 15 is 4.39 Å². The number of anilines is 2. The van der Waals surface area contributed by atoms with Crippen molar-refractivity contribution in [1.29, 1.82) is 0 Å². The zero-order valence-corrected chi connectivity index (χ0v) is 26.3. The van der Waals surface area contributed by atoms with Crippen LogP contribution in [0, 0.1) is 12.7 Å². The number of amidine groups is 1. The molecular weight excluding hydrogens is 709 g/mol. The fraction of sp³-hybridized carbons (Fsp3) is 0.207. The molecule has 1 N–H and O–H groups in total. The standard InChI is InChI=1S/C29H21F7N6O5S2/c1-16-2-9-23(47-11-10-28(31,32)33)22(12-16)42-24(43)14-48-27(42)39-26(44)38-21-8-3-17(13-20(21)30)25-37-15-41(40-25)18-4-6-19(7-5-18)49(45,46)29(34,35)36/h2-9,12-13,15H,10-11,14H2,1H3,(H,38,44)/b39-27-. The van der Waals surface area contributed by atoms with Gasteiger partial charge in [-0.1, -0.05) is 17.8 Å². The summed E-state index contributed by atoms with van der Waals surface area (Å²) in [7, 11) is -5.55. The average molecular weight is 731 g/mol. The molecule has 4 aromatic rings. The van der Waals surface area contributed by atoms with Crippen LogP contribution in [0.25, 0.3) is 17.1 Å². The van der Waals surface area contributed by atoms with E-state index in [1.54, 1.807) is 13.0 Å². The van der Waals surface area contributed by atoms with Crippen LogP contribution in [0.5, 0.6) is 5.75 Å². The van der Waals surface area contributed by atoms with Gasteiger partial charge < -0.3 is 10.1 Å². The number of carbonyl (C=O) groups is 2. The van der Waals surface area contributed by atoms with Crippen molar-refractivity contribution >= 4 is 50.1 Å². The molecule has 0 bridgehead atoms. The molecule has 0 spiro atoms. The second kappa shape index (κ2) is 13.5. The van der Waals surface area contributed by atoms with Gasteiger partial charge in [0.05, 0.1) is 40.7 Å². The number of sulfone groups is 1. The Labute approximate surface area is 276 Å². The van der Waals surface area contributed by atoms with Gasteiger partial charge in [-0.25, -0.2) is 27.3 Å². The molecule has 5 rings (SSSR count). The van der Waals surface area contributed by atoms with Gasteiger partial charge in [-0.05, 0) is 67.1 Å². The minimum atomic E-state index is -5.55. The molecule has 0 aliphatic carbocycles. The lowest BCUT2D eigenvalue weighted by Crippen LogP contribution is -2.31. The van der Waals surface area contributed by atoms with Crippen LogP contribution >= 0.6 is 11.8 Å². The van der Waals surface area contributed by atoms with Gasteiger partial charge in [0.1, 0.15) is 17.9 Å². The van der Waals surface area contributed by atoms with Crippen molar-refractivity contribution in [2.75, 3.05) is 22.6 Å². The van der Waals surface area contributed by atoms with E-state index in [4.69, 9.17) is 4.74 Å². The van der Waals surface area contributed by atoms with E-state index in [9.17, 15) is 44.3 Å². The first-order valence-corrected chi connectivity index (χ1v) is 16.2. The second-order valence-electron chi connectivity index (χ2n) is 10.2. The zero-order valence-electron chi connectivity index (χ0n) is 24.7. The molecule has 0 atom stereocenters. The third-order valence-electron chi connectivity index (χ3n) is 6.64. The highest BCUT2D eigenvalue weighted by Crippen LogP contribution is 2.36. The van der Waals surface area contributed by atoms with Crippen molar-refractivity contribution < 1.29 is 53.5 Å². The number of carbonyl (C=O) groups excluding carboxylic acids is 2. The lowest BCUT2D eigenvalue weighted by atomic mass is 10.2. The summed E-state index contributed by atoms with van der Waals surface area (Å²) in [6.45, 7) is 0.970. The molecule has 0 radical (unpaired) electrons. The Hall–Kier alpha value is -4.98. The fourth-order valence-corrected chi connectivity index (χ4v) is 5.92. The zero-order chi connectivity index (χ0) is 35.7. The number of rotatable bonds is 8. The van der Waals surface area contributed by atoms with Gasteiger partial charge in [-0.3, -0.25) is 9.69 Å². The molecule has 11 nitrogen and oxygen atoms in total. The molecule has 1 aliphatic rings. The molecule has 2 heterocycles. The SMILES string of the molecule is Cc1ccc(OCCC(F)(F)F)c(N2C(=O)CS/C2=N\C(=O)Nc2ccc(-c3ncn(-c4ccc(S(=O)(=O)C(F)(F)F)cc4)n3)cc2F)c1. The maximum Gasteiger partial charge on any atom is 0.501 e. The Bertz CT molecular complexity index is 2050. The summed E-state index contributed by atoms with van der Waals surface area (Å²) in [4.78, 5) is 33.5. The summed E-state index contributed by atoms with van der Waals surface area (Å²) in [6.07, 6.45) is -4.53. The Kier molecular flexibility index (Phi) is 9.73. The number of amides is 3. The van der Waals surface area contributed by atoms with E-state index in [0.29, 0.717) is 5.56 Å². The number of aliphatic imine (C=N–C) groups is 1. The van der Waals surface area contributed by atoms with Gasteiger partial charge in [-0.2, -0.15) is 31.3 Å². The topological polar surface area (TPSA) is 136 Å². The predicted octanol–water partition coefficient (Wildman–Crippen LogP) is 6.67. The Morgan fingerprint density at radius 3 is 2.41 bits per heavy atom. The van der Waals surface area contributed by atoms with Crippen molar-refractivity contribution in [3.63, 3.8) is 0 Å². The van der Waals surface area contributed by atoms with Crippen LogP contribution in [0.3, 0.4) is 0 Å². The number of ether oxygens (including phenoxy) is 1. The van der Waals surface area contributed by atoms with Crippen LogP contribution in [-0.2, 0) is 14.6 Å². The maximum absolute atomic E-state index is 15.1. The monoisotopic (exact) mass is 730 g/mol. The van der Waals surface area contributed by atoms with Crippen molar-refractivity contribution in [2.24, 2.45) is 4.99 Å². The van der Waals surface area contributed by atoms with E-state index < -0.39 is 57.2 Å². The number of aromatic nitrogens is 3. The lowest BCUT2D eigenvalue weighted by Gasteiger charge is -2.20. The van der Waals surface area contributed by atoms with Crippen molar-refractivity contribution in [3.05, 3.63) is 78.4 Å². The Balaban J connectivity index is 1.30. The summed E-state index contributed by atoms with van der Waals surface area (Å²) in [5, 5.41) is 6.27. The smallest absolute Gasteiger partial charge is 0.491 e. The van der Waals surface area contributed by atoms with Gasteiger partial charge in [0.15, 0.2) is 11.0 Å². The van der Waals surface area contributed by atoms with Gasteiger partial charge in [-0.15, -0.1) is 5.10 Å². The van der Waals surface area contributed by atoms with E-state index in [1.165, 1.54) is 30.6 Å². The molecule has 1 aliphatic heterocycles. The molecule has 1 aromatic heterocycles. The molecule has 258 valence electrons. The minimum absolute atomic E-state index is 0.0214. The Morgan fingerprint density at radius 1 is 1.04 bits per heavy atom. The molecule has 1 fully saturated rings. The number of hydrogen-bond acceptors (Lipinski definition) is 8. The third-order valence-corrected chi connectivity index (χ3v) is 9.06. The highest BCUT2D eigenvalue weighted by molar-refractivity contribution is 8.15. The number of nitrogens with zero attached hydrogens (tertiary/aromatic N) is 5. The quantitative estimate of drug-likeness (QED) is 0.199. The first-order chi connectivity index (χ1) is 22.9. The van der Waals surface area contributed by atoms with Gasteiger partial charge in [0.25, 0.3) is 9.84 Å². The average Bonchev–Trinajstić information content (AvgIpc) is 3.65. The number of halogens is 7. The van der Waals surface area contributed by atoms with Crippen LogP contribution < -0.4 is 15.0 Å². The number of aryl methyl sites for hydroxylation is 1. The molecule has 0 unspecified atom stereocenters. The highest BCUT2D eigenvalue weighted by atomic mass is 32.2.